The smallest absolute Gasteiger partial charge is 0.338 e. The Bertz CT molecular complexity index is 902. The largest absolute Gasteiger partial charge is 0.462 e. The summed E-state index contributed by atoms with van der Waals surface area (Å²) in [5.41, 5.74) is 4.43. The molecular formula is C24H29N3O2. The molecule has 0 aliphatic carbocycles. The van der Waals surface area contributed by atoms with Gasteiger partial charge < -0.3 is 4.74 Å². The minimum absolute atomic E-state index is 0.307. The van der Waals surface area contributed by atoms with E-state index in [-0.39, 0.29) is 5.97 Å². The number of hydrogen-bond acceptors (Lipinski definition) is 4. The van der Waals surface area contributed by atoms with E-state index in [1.165, 1.54) is 25.7 Å². The standard InChI is InChI=1S/C24H29N3O2/c1-3-5-6-7-11-18-27-23(20-12-9-8-10-13-20)22(25-26-27)19-14-16-21(17-15-19)24(28)29-4-2/h8-10,12-17H,3-7,11,18H2,1-2H3. The number of benzene rings is 2. The van der Waals surface area contributed by atoms with Crippen LogP contribution >= 0.6 is 0 Å². The number of aryl methyl sites for hydroxylation is 1. The molecule has 1 heterocycles. The predicted molar refractivity (Wildman–Crippen MR) is 116 cm³/mol. The van der Waals surface area contributed by atoms with Gasteiger partial charge in [0, 0.05) is 17.7 Å². The number of hydrogen-bond donors (Lipinski definition) is 0. The Balaban J connectivity index is 1.87. The quantitative estimate of drug-likeness (QED) is 0.326. The van der Waals surface area contributed by atoms with Crippen molar-refractivity contribution in [3.05, 3.63) is 60.2 Å². The van der Waals surface area contributed by atoms with Crippen LogP contribution in [0, 0.1) is 0 Å². The number of aromatic nitrogens is 3. The highest BCUT2D eigenvalue weighted by atomic mass is 16.5. The SMILES string of the molecule is CCCCCCCn1nnc(-c2ccc(C(=O)OCC)cc2)c1-c1ccccc1. The first-order chi connectivity index (χ1) is 14.2. The molecule has 0 aliphatic heterocycles. The van der Waals surface area contributed by atoms with Crippen molar-refractivity contribution in [2.24, 2.45) is 0 Å². The van der Waals surface area contributed by atoms with E-state index in [0.29, 0.717) is 12.2 Å². The van der Waals surface area contributed by atoms with Crippen LogP contribution in [0.4, 0.5) is 0 Å². The van der Waals surface area contributed by atoms with Gasteiger partial charge in [0.05, 0.1) is 17.9 Å². The van der Waals surface area contributed by atoms with Crippen LogP contribution in [0.3, 0.4) is 0 Å². The Labute approximate surface area is 172 Å². The maximum absolute atomic E-state index is 11.9. The van der Waals surface area contributed by atoms with E-state index < -0.39 is 0 Å². The summed E-state index contributed by atoms with van der Waals surface area (Å²) in [6, 6.07) is 17.6. The Kier molecular flexibility index (Phi) is 7.56. The van der Waals surface area contributed by atoms with Crippen molar-refractivity contribution in [3.63, 3.8) is 0 Å². The molecule has 0 spiro atoms. The van der Waals surface area contributed by atoms with Crippen LogP contribution in [0.15, 0.2) is 54.6 Å². The summed E-state index contributed by atoms with van der Waals surface area (Å²) in [4.78, 5) is 11.9. The van der Waals surface area contributed by atoms with Gasteiger partial charge in [-0.2, -0.15) is 0 Å². The molecule has 0 radical (unpaired) electrons. The Morgan fingerprint density at radius 2 is 1.62 bits per heavy atom. The highest BCUT2D eigenvalue weighted by molar-refractivity contribution is 5.90. The zero-order valence-electron chi connectivity index (χ0n) is 17.3. The third-order valence-electron chi connectivity index (χ3n) is 4.93. The second-order valence-corrected chi connectivity index (χ2v) is 7.09. The van der Waals surface area contributed by atoms with Crippen molar-refractivity contribution in [2.75, 3.05) is 6.61 Å². The summed E-state index contributed by atoms with van der Waals surface area (Å²) >= 11 is 0. The highest BCUT2D eigenvalue weighted by Gasteiger charge is 2.17. The van der Waals surface area contributed by atoms with Gasteiger partial charge in [-0.25, -0.2) is 9.48 Å². The fourth-order valence-corrected chi connectivity index (χ4v) is 3.39. The molecule has 29 heavy (non-hydrogen) atoms. The van der Waals surface area contributed by atoms with Crippen molar-refractivity contribution >= 4 is 5.97 Å². The van der Waals surface area contributed by atoms with Crippen LogP contribution in [0.1, 0.15) is 56.3 Å². The molecule has 2 aromatic carbocycles. The molecule has 3 rings (SSSR count). The molecule has 0 bridgehead atoms. The zero-order chi connectivity index (χ0) is 20.5. The third-order valence-corrected chi connectivity index (χ3v) is 4.93. The normalized spacial score (nSPS) is 10.8. The number of carbonyl (C=O) groups excluding carboxylic acids is 1. The molecule has 5 nitrogen and oxygen atoms in total. The topological polar surface area (TPSA) is 57.0 Å². The first-order valence-corrected chi connectivity index (χ1v) is 10.5. The van der Waals surface area contributed by atoms with E-state index >= 15 is 0 Å². The molecule has 0 N–H and O–H groups in total. The highest BCUT2D eigenvalue weighted by Crippen LogP contribution is 2.30. The van der Waals surface area contributed by atoms with E-state index in [1.54, 1.807) is 19.1 Å². The lowest BCUT2D eigenvalue weighted by atomic mass is 10.0. The van der Waals surface area contributed by atoms with Crippen LogP contribution in [0.2, 0.25) is 0 Å². The van der Waals surface area contributed by atoms with E-state index in [4.69, 9.17) is 4.74 Å². The predicted octanol–water partition coefficient (Wildman–Crippen LogP) is 5.76. The third kappa shape index (κ3) is 5.31. The van der Waals surface area contributed by atoms with Gasteiger partial charge in [0.1, 0.15) is 5.69 Å². The summed E-state index contributed by atoms with van der Waals surface area (Å²) in [7, 11) is 0. The number of esters is 1. The van der Waals surface area contributed by atoms with E-state index in [2.05, 4.69) is 29.4 Å². The monoisotopic (exact) mass is 391 g/mol. The average molecular weight is 392 g/mol. The van der Waals surface area contributed by atoms with Crippen LogP contribution in [0.25, 0.3) is 22.5 Å². The van der Waals surface area contributed by atoms with Crippen molar-refractivity contribution in [1.29, 1.82) is 0 Å². The van der Waals surface area contributed by atoms with Gasteiger partial charge in [0.25, 0.3) is 0 Å². The summed E-state index contributed by atoms with van der Waals surface area (Å²) in [5, 5.41) is 8.93. The summed E-state index contributed by atoms with van der Waals surface area (Å²) in [6.45, 7) is 5.25. The maximum Gasteiger partial charge on any atom is 0.338 e. The molecular weight excluding hydrogens is 362 g/mol. The lowest BCUT2D eigenvalue weighted by Crippen LogP contribution is -2.04. The van der Waals surface area contributed by atoms with Crippen LogP contribution in [-0.2, 0) is 11.3 Å². The molecule has 0 fully saturated rings. The van der Waals surface area contributed by atoms with E-state index in [1.807, 2.05) is 35.0 Å². The number of rotatable bonds is 10. The second kappa shape index (κ2) is 10.6. The van der Waals surface area contributed by atoms with Gasteiger partial charge in [0.15, 0.2) is 0 Å². The first kappa shape index (κ1) is 20.8. The molecule has 0 atom stereocenters. The fourth-order valence-electron chi connectivity index (χ4n) is 3.39. The number of ether oxygens (including phenoxy) is 1. The molecule has 0 amide bonds. The van der Waals surface area contributed by atoms with E-state index in [0.717, 1.165) is 35.5 Å². The van der Waals surface area contributed by atoms with Crippen LogP contribution in [0.5, 0.6) is 0 Å². The Morgan fingerprint density at radius 1 is 0.897 bits per heavy atom. The maximum atomic E-state index is 11.9. The second-order valence-electron chi connectivity index (χ2n) is 7.09. The van der Waals surface area contributed by atoms with Gasteiger partial charge >= 0.3 is 5.97 Å². The van der Waals surface area contributed by atoms with Gasteiger partial charge in [-0.1, -0.05) is 80.3 Å². The number of nitrogens with zero attached hydrogens (tertiary/aromatic N) is 3. The van der Waals surface area contributed by atoms with E-state index in [9.17, 15) is 4.79 Å². The molecule has 1 aromatic heterocycles. The minimum atomic E-state index is -0.307. The summed E-state index contributed by atoms with van der Waals surface area (Å²) < 4.78 is 7.08. The molecule has 3 aromatic rings. The average Bonchev–Trinajstić information content (AvgIpc) is 3.18. The van der Waals surface area contributed by atoms with Gasteiger partial charge in [-0.15, -0.1) is 5.10 Å². The van der Waals surface area contributed by atoms with Gasteiger partial charge in [-0.3, -0.25) is 0 Å². The van der Waals surface area contributed by atoms with Crippen molar-refractivity contribution in [1.82, 2.24) is 15.0 Å². The van der Waals surface area contributed by atoms with Gasteiger partial charge in [-0.05, 0) is 25.5 Å². The van der Waals surface area contributed by atoms with Crippen LogP contribution < -0.4 is 0 Å². The molecule has 0 saturated heterocycles. The summed E-state index contributed by atoms with van der Waals surface area (Å²) in [5.74, 6) is -0.307. The van der Waals surface area contributed by atoms with Gasteiger partial charge in [0.2, 0.25) is 0 Å². The van der Waals surface area contributed by atoms with Crippen LogP contribution in [-0.4, -0.2) is 27.6 Å². The number of unbranched alkanes of at least 4 members (excludes halogenated alkanes) is 4. The van der Waals surface area contributed by atoms with Crippen molar-refractivity contribution < 1.29 is 9.53 Å². The molecule has 0 saturated carbocycles. The molecule has 5 heteroatoms. The molecule has 152 valence electrons. The first-order valence-electron chi connectivity index (χ1n) is 10.5. The summed E-state index contributed by atoms with van der Waals surface area (Å²) in [6.07, 6.45) is 6.06. The fraction of sp³-hybridized carbons (Fsp3) is 0.375. The lowest BCUT2D eigenvalue weighted by molar-refractivity contribution is 0.0526. The molecule has 0 unspecified atom stereocenters. The Morgan fingerprint density at radius 3 is 2.31 bits per heavy atom. The number of carbonyl (C=O) groups is 1. The zero-order valence-corrected chi connectivity index (χ0v) is 17.3. The molecule has 0 aliphatic rings. The minimum Gasteiger partial charge on any atom is -0.462 e. The lowest BCUT2D eigenvalue weighted by Gasteiger charge is -2.09. The Hall–Kier alpha value is -2.95. The van der Waals surface area contributed by atoms with Crippen molar-refractivity contribution in [3.8, 4) is 22.5 Å². The van der Waals surface area contributed by atoms with Crippen molar-refractivity contribution in [2.45, 2.75) is 52.5 Å².